The summed E-state index contributed by atoms with van der Waals surface area (Å²) in [5.41, 5.74) is 2.37. The number of nitrogens with zero attached hydrogens (tertiary/aromatic N) is 1. The van der Waals surface area contributed by atoms with Crippen molar-refractivity contribution < 1.29 is 22.7 Å². The fraction of sp³-hybridized carbons (Fsp3) is 0.179. The van der Waals surface area contributed by atoms with Gasteiger partial charge in [-0.3, -0.25) is 4.79 Å². The second-order valence-electron chi connectivity index (χ2n) is 9.32. The number of carbonyl (C=O) groups is 2. The Kier molecular flexibility index (Phi) is 6.65. The van der Waals surface area contributed by atoms with Gasteiger partial charge in [0.05, 0.1) is 34.7 Å². The van der Waals surface area contributed by atoms with Crippen LogP contribution in [-0.2, 0) is 20.2 Å². The molecular weight excluding hydrogens is 476 g/mol. The van der Waals surface area contributed by atoms with Crippen molar-refractivity contribution in [3.8, 4) is 0 Å². The van der Waals surface area contributed by atoms with Crippen molar-refractivity contribution in [3.05, 3.63) is 107 Å². The largest absolute Gasteiger partial charge is 0.465 e. The maximum atomic E-state index is 13.2. The predicted octanol–water partition coefficient (Wildman–Crippen LogP) is 5.14. The second-order valence-corrected chi connectivity index (χ2v) is 10.9. The van der Waals surface area contributed by atoms with Crippen LogP contribution in [0.4, 0.5) is 5.69 Å². The Hall–Kier alpha value is -4.04. The number of Topliss-reactive ketones (excluding diaryl/α,β-unsaturated/α-hetero) is 1. The van der Waals surface area contributed by atoms with Gasteiger partial charge in [-0.25, -0.2) is 4.79 Å². The summed E-state index contributed by atoms with van der Waals surface area (Å²) in [6, 6.07) is 19.9. The number of allylic oxidation sites excluding steroid dienone is 2. The first-order valence-electron chi connectivity index (χ1n) is 11.3. The number of ketones is 1. The average Bonchev–Trinajstić information content (AvgIpc) is 2.86. The molecule has 0 atom stereocenters. The van der Waals surface area contributed by atoms with Crippen LogP contribution in [-0.4, -0.2) is 33.0 Å². The molecule has 0 fully saturated rings. The number of para-hydroxylation sites is 1. The van der Waals surface area contributed by atoms with Crippen LogP contribution >= 0.6 is 0 Å². The highest BCUT2D eigenvalue weighted by Gasteiger charge is 2.27. The van der Waals surface area contributed by atoms with Gasteiger partial charge in [0, 0.05) is 11.1 Å². The molecule has 1 aliphatic carbocycles. The van der Waals surface area contributed by atoms with E-state index in [1.807, 2.05) is 20.8 Å². The first-order chi connectivity index (χ1) is 17.0. The standard InChI is InChI=1S/C28H26N2O5S/c1-28(2,3)18-13-15-19(16-14-18)36(33,34)30-24-17-25(26(31)21-10-6-5-9-20(21)24)29-23-12-8-7-11-22(23)27(32)35-4/h5-17,29H,1-4H3. The predicted molar refractivity (Wildman–Crippen MR) is 139 cm³/mol. The van der Waals surface area contributed by atoms with Crippen LogP contribution in [0.3, 0.4) is 0 Å². The summed E-state index contributed by atoms with van der Waals surface area (Å²) in [5, 5.41) is 2.97. The van der Waals surface area contributed by atoms with Crippen LogP contribution in [0.25, 0.3) is 0 Å². The van der Waals surface area contributed by atoms with Gasteiger partial charge < -0.3 is 10.1 Å². The lowest BCUT2D eigenvalue weighted by molar-refractivity contribution is 0.0601. The van der Waals surface area contributed by atoms with Crippen molar-refractivity contribution >= 4 is 33.2 Å². The Labute approximate surface area is 210 Å². The van der Waals surface area contributed by atoms with Crippen LogP contribution in [0, 0.1) is 0 Å². The third kappa shape index (κ3) is 4.99. The quantitative estimate of drug-likeness (QED) is 0.485. The summed E-state index contributed by atoms with van der Waals surface area (Å²) in [4.78, 5) is 25.5. The maximum Gasteiger partial charge on any atom is 0.339 e. The number of rotatable bonds is 5. The van der Waals surface area contributed by atoms with E-state index in [-0.39, 0.29) is 33.1 Å². The van der Waals surface area contributed by atoms with Crippen molar-refractivity contribution in [2.45, 2.75) is 31.1 Å². The number of fused-ring (bicyclic) bond motifs is 1. The van der Waals surface area contributed by atoms with Crippen molar-refractivity contribution in [2.24, 2.45) is 4.40 Å². The molecule has 0 amide bonds. The van der Waals surface area contributed by atoms with Gasteiger partial charge in [-0.05, 0) is 41.3 Å². The average molecular weight is 503 g/mol. The number of benzene rings is 3. The van der Waals surface area contributed by atoms with Gasteiger partial charge in [-0.2, -0.15) is 12.8 Å². The van der Waals surface area contributed by atoms with Crippen LogP contribution in [0.5, 0.6) is 0 Å². The van der Waals surface area contributed by atoms with Crippen molar-refractivity contribution in [1.29, 1.82) is 0 Å². The van der Waals surface area contributed by atoms with Gasteiger partial charge in [0.15, 0.2) is 0 Å². The molecule has 0 aromatic heterocycles. The van der Waals surface area contributed by atoms with Gasteiger partial charge in [-0.15, -0.1) is 0 Å². The van der Waals surface area contributed by atoms with Crippen molar-refractivity contribution in [2.75, 3.05) is 12.4 Å². The topological polar surface area (TPSA) is 102 Å². The lowest BCUT2D eigenvalue weighted by Crippen LogP contribution is -2.23. The minimum Gasteiger partial charge on any atom is -0.465 e. The molecule has 7 nitrogen and oxygen atoms in total. The van der Waals surface area contributed by atoms with Crippen LogP contribution in [0.1, 0.15) is 52.6 Å². The van der Waals surface area contributed by atoms with E-state index in [0.717, 1.165) is 5.56 Å². The monoisotopic (exact) mass is 502 g/mol. The van der Waals surface area contributed by atoms with Crippen LogP contribution < -0.4 is 5.32 Å². The summed E-state index contributed by atoms with van der Waals surface area (Å²) in [6.45, 7) is 6.14. The smallest absolute Gasteiger partial charge is 0.339 e. The van der Waals surface area contributed by atoms with E-state index in [4.69, 9.17) is 4.74 Å². The number of hydrogen-bond acceptors (Lipinski definition) is 6. The third-order valence-electron chi connectivity index (χ3n) is 5.81. The highest BCUT2D eigenvalue weighted by atomic mass is 32.2. The van der Waals surface area contributed by atoms with Crippen LogP contribution in [0.15, 0.2) is 93.9 Å². The molecule has 3 aromatic rings. The van der Waals surface area contributed by atoms with Gasteiger partial charge in [0.2, 0.25) is 5.78 Å². The normalized spacial score (nSPS) is 14.7. The van der Waals surface area contributed by atoms with Crippen molar-refractivity contribution in [1.82, 2.24) is 0 Å². The number of esters is 1. The van der Waals surface area contributed by atoms with Crippen molar-refractivity contribution in [3.63, 3.8) is 0 Å². The van der Waals surface area contributed by atoms with E-state index in [1.54, 1.807) is 60.7 Å². The zero-order chi connectivity index (χ0) is 26.1. The van der Waals surface area contributed by atoms with Gasteiger partial charge in [0.1, 0.15) is 0 Å². The fourth-order valence-corrected chi connectivity index (χ4v) is 4.83. The molecule has 0 saturated carbocycles. The molecular formula is C28H26N2O5S. The minimum atomic E-state index is -4.07. The van der Waals surface area contributed by atoms with Gasteiger partial charge in [0.25, 0.3) is 10.0 Å². The molecule has 0 radical (unpaired) electrons. The van der Waals surface area contributed by atoms with E-state index >= 15 is 0 Å². The Morgan fingerprint density at radius 1 is 0.889 bits per heavy atom. The first-order valence-corrected chi connectivity index (χ1v) is 12.7. The maximum absolute atomic E-state index is 13.2. The molecule has 8 heteroatoms. The molecule has 184 valence electrons. The molecule has 3 aromatic carbocycles. The molecule has 36 heavy (non-hydrogen) atoms. The van der Waals surface area contributed by atoms with E-state index in [0.29, 0.717) is 16.8 Å². The zero-order valence-electron chi connectivity index (χ0n) is 20.4. The lowest BCUT2D eigenvalue weighted by atomic mass is 9.87. The number of sulfonamides is 1. The number of methoxy groups -OCH3 is 1. The molecule has 1 N–H and O–H groups in total. The molecule has 0 aliphatic heterocycles. The number of anilines is 1. The summed E-state index contributed by atoms with van der Waals surface area (Å²) in [7, 11) is -2.81. The highest BCUT2D eigenvalue weighted by Crippen LogP contribution is 2.28. The fourth-order valence-electron chi connectivity index (χ4n) is 3.83. The number of nitrogens with one attached hydrogen (secondary N) is 1. The van der Waals surface area contributed by atoms with E-state index < -0.39 is 16.0 Å². The Bertz CT molecular complexity index is 1510. The molecule has 4 rings (SSSR count). The minimum absolute atomic E-state index is 0.0522. The SMILES string of the molecule is COC(=O)c1ccccc1NC1=CC(=NS(=O)(=O)c2ccc(C(C)(C)C)cc2)c2ccccc2C1=O. The molecule has 0 saturated heterocycles. The number of ether oxygens (including phenoxy) is 1. The highest BCUT2D eigenvalue weighted by molar-refractivity contribution is 7.90. The van der Waals surface area contributed by atoms with E-state index in [1.165, 1.54) is 25.3 Å². The molecule has 0 unspecified atom stereocenters. The molecule has 0 heterocycles. The van der Waals surface area contributed by atoms with Gasteiger partial charge in [-0.1, -0.05) is 69.3 Å². The zero-order valence-corrected chi connectivity index (χ0v) is 21.2. The Balaban J connectivity index is 1.79. The van der Waals surface area contributed by atoms with Crippen LogP contribution in [0.2, 0.25) is 0 Å². The Morgan fingerprint density at radius 2 is 1.50 bits per heavy atom. The number of hydrogen-bond donors (Lipinski definition) is 1. The summed E-state index contributed by atoms with van der Waals surface area (Å²) in [5.74, 6) is -0.923. The van der Waals surface area contributed by atoms with E-state index in [9.17, 15) is 18.0 Å². The summed E-state index contributed by atoms with van der Waals surface area (Å²) in [6.07, 6.45) is 1.39. The first kappa shape index (κ1) is 25.1. The molecule has 1 aliphatic rings. The molecule has 0 bridgehead atoms. The summed E-state index contributed by atoms with van der Waals surface area (Å²) >= 11 is 0. The van der Waals surface area contributed by atoms with E-state index in [2.05, 4.69) is 9.71 Å². The third-order valence-corrected chi connectivity index (χ3v) is 7.12. The van der Waals surface area contributed by atoms with Gasteiger partial charge >= 0.3 is 5.97 Å². The summed E-state index contributed by atoms with van der Waals surface area (Å²) < 4.78 is 35.4. The number of carbonyl (C=O) groups excluding carboxylic acids is 2. The lowest BCUT2D eigenvalue weighted by Gasteiger charge is -2.20. The second kappa shape index (κ2) is 9.54. The molecule has 0 spiro atoms. The Morgan fingerprint density at radius 3 is 2.14 bits per heavy atom.